The number of unbranched alkanes of at least 4 members (excludes halogenated alkanes) is 28. The van der Waals surface area contributed by atoms with Gasteiger partial charge in [0.2, 0.25) is 0 Å². The number of nitrogens with zero attached hydrogens (tertiary/aromatic N) is 2. The molecule has 0 amide bonds. The molecule has 0 aromatic rings. The van der Waals surface area contributed by atoms with E-state index in [0.29, 0.717) is 52.1 Å². The van der Waals surface area contributed by atoms with E-state index in [0.717, 1.165) is 77.0 Å². The minimum atomic E-state index is -0.586. The molecule has 2 fully saturated rings. The smallest absolute Gasteiger partial charge is 0.306 e. The molecule has 2 aliphatic heterocycles. The summed E-state index contributed by atoms with van der Waals surface area (Å²) in [6, 6.07) is 0. The van der Waals surface area contributed by atoms with Gasteiger partial charge in [-0.25, -0.2) is 0 Å². The first-order chi connectivity index (χ1) is 36.1. The Morgan fingerprint density at radius 2 is 0.608 bits per heavy atom. The fourth-order valence-electron chi connectivity index (χ4n) is 11.1. The third-order valence-electron chi connectivity index (χ3n) is 15.7. The van der Waals surface area contributed by atoms with E-state index in [4.69, 9.17) is 18.9 Å². The van der Waals surface area contributed by atoms with Gasteiger partial charge in [-0.3, -0.25) is 19.4 Å². The van der Waals surface area contributed by atoms with Crippen molar-refractivity contribution in [3.63, 3.8) is 0 Å². The number of esters is 2. The van der Waals surface area contributed by atoms with Crippen molar-refractivity contribution < 1.29 is 49.0 Å². The Hall–Kier alpha value is -1.38. The van der Waals surface area contributed by atoms with Gasteiger partial charge in [0.25, 0.3) is 0 Å². The molecule has 0 bridgehead atoms. The summed E-state index contributed by atoms with van der Waals surface area (Å²) in [6.07, 6.45) is 39.5. The number of rotatable bonds is 54. The van der Waals surface area contributed by atoms with Crippen molar-refractivity contribution in [1.29, 1.82) is 0 Å². The fraction of sp³-hybridized carbons (Fsp3) is 0.968. The zero-order valence-corrected chi connectivity index (χ0v) is 48.7. The van der Waals surface area contributed by atoms with Crippen LogP contribution in [0.4, 0.5) is 0 Å². The summed E-state index contributed by atoms with van der Waals surface area (Å²) >= 11 is 0. The maximum Gasteiger partial charge on any atom is 0.306 e. The summed E-state index contributed by atoms with van der Waals surface area (Å²) in [5.74, 6) is -0.671. The lowest BCUT2D eigenvalue weighted by Crippen LogP contribution is -2.39. The van der Waals surface area contributed by atoms with Crippen LogP contribution < -0.4 is 0 Å². The second-order valence-electron chi connectivity index (χ2n) is 23.0. The number of aliphatic hydroxyl groups is 4. The van der Waals surface area contributed by atoms with Crippen molar-refractivity contribution in [1.82, 2.24) is 9.80 Å². The molecule has 12 nitrogen and oxygen atoms in total. The van der Waals surface area contributed by atoms with Crippen molar-refractivity contribution in [2.45, 2.75) is 333 Å². The predicted molar refractivity (Wildman–Crippen MR) is 304 cm³/mol. The van der Waals surface area contributed by atoms with E-state index in [1.54, 1.807) is 0 Å². The summed E-state index contributed by atoms with van der Waals surface area (Å²) in [5.41, 5.74) is 0. The number of hydrogen-bond donors (Lipinski definition) is 4. The molecule has 0 spiro atoms. The number of aliphatic hydroxyl groups excluding tert-OH is 4. The highest BCUT2D eigenvalue weighted by Gasteiger charge is 2.51. The summed E-state index contributed by atoms with van der Waals surface area (Å²) in [7, 11) is 0. The third-order valence-corrected chi connectivity index (χ3v) is 15.7. The van der Waals surface area contributed by atoms with Gasteiger partial charge in [-0.1, -0.05) is 233 Å². The first-order valence-electron chi connectivity index (χ1n) is 31.9. The minimum absolute atomic E-state index is 0.175. The average molecular weight is 1050 g/mol. The zero-order valence-electron chi connectivity index (χ0n) is 48.7. The molecular weight excluding hydrogens is 933 g/mol. The van der Waals surface area contributed by atoms with Gasteiger partial charge in [-0.15, -0.1) is 0 Å². The van der Waals surface area contributed by atoms with Crippen LogP contribution in [0, 0.1) is 0 Å². The van der Waals surface area contributed by atoms with Gasteiger partial charge in [0, 0.05) is 39.0 Å². The highest BCUT2D eigenvalue weighted by molar-refractivity contribution is 5.70. The lowest BCUT2D eigenvalue weighted by molar-refractivity contribution is -0.155. The van der Waals surface area contributed by atoms with Gasteiger partial charge in [-0.2, -0.15) is 0 Å². The molecule has 0 radical (unpaired) electrons. The molecule has 2 saturated heterocycles. The largest absolute Gasteiger partial charge is 0.457 e. The summed E-state index contributed by atoms with van der Waals surface area (Å²) in [6.45, 7) is 12.4. The first kappa shape index (κ1) is 68.7. The SMILES string of the molecule is CCCCCCCCCCC(O)CN(CCCC(=O)O[C@@H]1CO[C@H]2[C@@H]1OC[C@H]2OC(=O)CCCN(CC(O)CCCCCCCCCC)CC(O)CCCCCCCCCC)CC(O)CCCCCCCCCC. The van der Waals surface area contributed by atoms with Crippen LogP contribution in [0.5, 0.6) is 0 Å². The summed E-state index contributed by atoms with van der Waals surface area (Å²) in [4.78, 5) is 30.7. The van der Waals surface area contributed by atoms with E-state index in [1.165, 1.54) is 154 Å². The van der Waals surface area contributed by atoms with E-state index in [1.807, 2.05) is 0 Å². The number of hydrogen-bond acceptors (Lipinski definition) is 12. The Kier molecular flexibility index (Phi) is 44.2. The first-order valence-corrected chi connectivity index (χ1v) is 31.9. The molecule has 2 aliphatic rings. The zero-order chi connectivity index (χ0) is 53.7. The van der Waals surface area contributed by atoms with Crippen molar-refractivity contribution in [3.8, 4) is 0 Å². The average Bonchev–Trinajstić information content (AvgIpc) is 3.97. The molecular formula is C62H120N2O10. The van der Waals surface area contributed by atoms with E-state index >= 15 is 0 Å². The minimum Gasteiger partial charge on any atom is -0.457 e. The predicted octanol–water partition coefficient (Wildman–Crippen LogP) is 13.3. The Labute approximate surface area is 454 Å². The van der Waals surface area contributed by atoms with Crippen molar-refractivity contribution >= 4 is 11.9 Å². The van der Waals surface area contributed by atoms with Crippen LogP contribution in [0.15, 0.2) is 0 Å². The molecule has 8 atom stereocenters. The van der Waals surface area contributed by atoms with E-state index < -0.39 is 48.8 Å². The lowest BCUT2D eigenvalue weighted by Gasteiger charge is -2.27. The molecule has 4 unspecified atom stereocenters. The topological polar surface area (TPSA) is 158 Å². The highest BCUT2D eigenvalue weighted by Crippen LogP contribution is 2.31. The molecule has 0 saturated carbocycles. The van der Waals surface area contributed by atoms with Crippen molar-refractivity contribution in [2.75, 3.05) is 52.5 Å². The fourth-order valence-corrected chi connectivity index (χ4v) is 11.1. The highest BCUT2D eigenvalue weighted by atomic mass is 16.7. The van der Waals surface area contributed by atoms with Gasteiger partial charge in [-0.05, 0) is 51.6 Å². The van der Waals surface area contributed by atoms with Crippen LogP contribution in [0.3, 0.4) is 0 Å². The normalized spacial score (nSPS) is 19.3. The molecule has 2 heterocycles. The molecule has 12 heteroatoms. The Morgan fingerprint density at radius 1 is 0.378 bits per heavy atom. The monoisotopic (exact) mass is 1050 g/mol. The Balaban J connectivity index is 1.81. The second-order valence-corrected chi connectivity index (χ2v) is 23.0. The molecule has 2 rings (SSSR count). The second kappa shape index (κ2) is 47.6. The number of carbonyl (C=O) groups excluding carboxylic acids is 2. The van der Waals surface area contributed by atoms with Crippen molar-refractivity contribution in [3.05, 3.63) is 0 Å². The molecule has 0 aromatic carbocycles. The standard InChI is InChI=1S/C62H120N2O10/c1-5-9-13-17-21-25-29-33-39-53(65)47-63(48-54(66)40-34-30-26-22-18-14-10-6-2)45-37-43-59(69)73-57-51-71-62-58(52-72-61(57)62)74-60(70)44-38-46-64(49-55(67)41-35-31-27-23-19-15-11-7-3)50-56(68)42-36-32-28-24-20-16-12-8-4/h53-58,61-62,65-68H,5-52H2,1-4H3/t53?,54?,55?,56?,57-,58-,61-,62-/m1/s1. The van der Waals surface area contributed by atoms with E-state index in [-0.39, 0.29) is 38.0 Å². The van der Waals surface area contributed by atoms with Crippen LogP contribution in [0.2, 0.25) is 0 Å². The van der Waals surface area contributed by atoms with Gasteiger partial charge < -0.3 is 39.4 Å². The number of fused-ring (bicyclic) bond motifs is 1. The maximum absolute atomic E-state index is 13.2. The van der Waals surface area contributed by atoms with E-state index in [2.05, 4.69) is 37.5 Å². The quantitative estimate of drug-likeness (QED) is 0.0338. The molecule has 438 valence electrons. The van der Waals surface area contributed by atoms with Crippen LogP contribution in [0.1, 0.15) is 285 Å². The molecule has 0 aliphatic carbocycles. The van der Waals surface area contributed by atoms with Gasteiger partial charge in [0.1, 0.15) is 12.2 Å². The number of carbonyl (C=O) groups is 2. The molecule has 74 heavy (non-hydrogen) atoms. The number of ether oxygens (including phenoxy) is 4. The summed E-state index contributed by atoms with van der Waals surface area (Å²) in [5, 5.41) is 44.2. The maximum atomic E-state index is 13.2. The third kappa shape index (κ3) is 36.7. The Bertz CT molecular complexity index is 1130. The molecule has 4 N–H and O–H groups in total. The summed E-state index contributed by atoms with van der Waals surface area (Å²) < 4.78 is 23.9. The van der Waals surface area contributed by atoms with Crippen molar-refractivity contribution in [2.24, 2.45) is 0 Å². The van der Waals surface area contributed by atoms with Gasteiger partial charge >= 0.3 is 11.9 Å². The van der Waals surface area contributed by atoms with Gasteiger partial charge in [0.15, 0.2) is 12.2 Å². The van der Waals surface area contributed by atoms with Gasteiger partial charge in [0.05, 0.1) is 37.6 Å². The lowest BCUT2D eigenvalue weighted by atomic mass is 10.0. The molecule has 0 aromatic heterocycles. The van der Waals surface area contributed by atoms with E-state index in [9.17, 15) is 30.0 Å². The Morgan fingerprint density at radius 3 is 0.851 bits per heavy atom. The van der Waals surface area contributed by atoms with Crippen LogP contribution >= 0.6 is 0 Å². The van der Waals surface area contributed by atoms with Crippen LogP contribution in [-0.2, 0) is 28.5 Å². The van der Waals surface area contributed by atoms with Crippen LogP contribution in [-0.4, -0.2) is 143 Å². The van der Waals surface area contributed by atoms with Crippen LogP contribution in [0.25, 0.3) is 0 Å².